The molecule has 0 bridgehead atoms. The lowest BCUT2D eigenvalue weighted by molar-refractivity contribution is -0.156. The molecule has 0 spiro atoms. The molecular formula is C11H16O3. The minimum atomic E-state index is -1.03. The zero-order valence-corrected chi connectivity index (χ0v) is 8.76. The van der Waals surface area contributed by atoms with Crippen LogP contribution in [0.4, 0.5) is 0 Å². The van der Waals surface area contributed by atoms with Crippen LogP contribution in [0.25, 0.3) is 0 Å². The number of Topliss-reactive ketones (excluding diaryl/α,β-unsaturated/α-hetero) is 1. The molecule has 14 heavy (non-hydrogen) atoms. The van der Waals surface area contributed by atoms with E-state index in [4.69, 9.17) is 4.74 Å². The molecule has 1 aliphatic rings. The van der Waals surface area contributed by atoms with Crippen LogP contribution in [0.1, 0.15) is 33.1 Å². The van der Waals surface area contributed by atoms with Crippen molar-refractivity contribution in [3.05, 3.63) is 12.2 Å². The fraction of sp³-hybridized carbons (Fsp3) is 0.636. The molecule has 78 valence electrons. The van der Waals surface area contributed by atoms with Crippen molar-refractivity contribution in [3.8, 4) is 0 Å². The summed E-state index contributed by atoms with van der Waals surface area (Å²) >= 11 is 0. The molecule has 0 amide bonds. The van der Waals surface area contributed by atoms with Crippen molar-refractivity contribution in [1.29, 1.82) is 0 Å². The topological polar surface area (TPSA) is 43.4 Å². The molecule has 0 N–H and O–H groups in total. The maximum atomic E-state index is 11.7. The van der Waals surface area contributed by atoms with E-state index in [9.17, 15) is 9.59 Å². The number of carbonyl (C=O) groups is 2. The van der Waals surface area contributed by atoms with Crippen molar-refractivity contribution < 1.29 is 14.3 Å². The number of esters is 1. The zero-order valence-electron chi connectivity index (χ0n) is 8.76. The second-order valence-corrected chi connectivity index (χ2v) is 3.64. The van der Waals surface area contributed by atoms with Gasteiger partial charge >= 0.3 is 5.97 Å². The second kappa shape index (κ2) is 3.95. The first-order valence-corrected chi connectivity index (χ1v) is 4.92. The molecular weight excluding hydrogens is 180 g/mol. The van der Waals surface area contributed by atoms with Crippen LogP contribution in [0.15, 0.2) is 12.2 Å². The van der Waals surface area contributed by atoms with Crippen molar-refractivity contribution in [2.24, 2.45) is 5.41 Å². The minimum absolute atomic E-state index is 0.140. The van der Waals surface area contributed by atoms with Gasteiger partial charge in [-0.05, 0) is 33.1 Å². The summed E-state index contributed by atoms with van der Waals surface area (Å²) < 4.78 is 4.94. The van der Waals surface area contributed by atoms with E-state index >= 15 is 0 Å². The summed E-state index contributed by atoms with van der Waals surface area (Å²) in [6.45, 7) is 7.29. The summed E-state index contributed by atoms with van der Waals surface area (Å²) in [5.41, 5.74) is -0.320. The molecule has 0 aromatic carbocycles. The van der Waals surface area contributed by atoms with E-state index in [1.54, 1.807) is 6.92 Å². The molecule has 1 aliphatic carbocycles. The van der Waals surface area contributed by atoms with Crippen molar-refractivity contribution in [1.82, 2.24) is 0 Å². The molecule has 0 saturated heterocycles. The molecule has 1 saturated carbocycles. The van der Waals surface area contributed by atoms with Crippen LogP contribution in [0.2, 0.25) is 0 Å². The average molecular weight is 196 g/mol. The van der Waals surface area contributed by atoms with E-state index in [1.165, 1.54) is 6.92 Å². The van der Waals surface area contributed by atoms with Gasteiger partial charge in [-0.1, -0.05) is 12.2 Å². The molecule has 0 aromatic heterocycles. The first-order chi connectivity index (χ1) is 6.55. The summed E-state index contributed by atoms with van der Waals surface area (Å²) in [5.74, 6) is -0.562. The fourth-order valence-corrected chi connectivity index (χ4v) is 2.03. The van der Waals surface area contributed by atoms with Crippen LogP contribution >= 0.6 is 0 Å². The van der Waals surface area contributed by atoms with Gasteiger partial charge < -0.3 is 4.74 Å². The van der Waals surface area contributed by atoms with E-state index in [1.807, 2.05) is 0 Å². The van der Waals surface area contributed by atoms with Crippen LogP contribution in [0, 0.1) is 5.41 Å². The van der Waals surface area contributed by atoms with Gasteiger partial charge in [0, 0.05) is 0 Å². The highest BCUT2D eigenvalue weighted by Gasteiger charge is 2.49. The normalized spacial score (nSPS) is 26.3. The van der Waals surface area contributed by atoms with Crippen molar-refractivity contribution >= 4 is 11.8 Å². The lowest BCUT2D eigenvalue weighted by Crippen LogP contribution is -2.38. The highest BCUT2D eigenvalue weighted by molar-refractivity contribution is 6.06. The van der Waals surface area contributed by atoms with Crippen molar-refractivity contribution in [2.75, 3.05) is 6.61 Å². The molecule has 3 heteroatoms. The Morgan fingerprint density at radius 1 is 1.57 bits per heavy atom. The molecule has 1 rings (SSSR count). The number of carbonyl (C=O) groups excluding carboxylic acids is 2. The van der Waals surface area contributed by atoms with Crippen LogP contribution in [-0.2, 0) is 14.3 Å². The Kier molecular flexibility index (Phi) is 3.09. The van der Waals surface area contributed by atoms with Crippen LogP contribution in [0.5, 0.6) is 0 Å². The maximum Gasteiger partial charge on any atom is 0.323 e. The highest BCUT2D eigenvalue weighted by Crippen LogP contribution is 2.43. The van der Waals surface area contributed by atoms with Crippen LogP contribution < -0.4 is 0 Å². The molecule has 0 heterocycles. The highest BCUT2D eigenvalue weighted by atomic mass is 16.5. The predicted octanol–water partition coefficient (Wildman–Crippen LogP) is 1.86. The van der Waals surface area contributed by atoms with Gasteiger partial charge in [0.15, 0.2) is 5.78 Å². The van der Waals surface area contributed by atoms with Gasteiger partial charge in [-0.15, -0.1) is 0 Å². The molecule has 0 radical (unpaired) electrons. The summed E-state index contributed by atoms with van der Waals surface area (Å²) in [6, 6.07) is 0. The van der Waals surface area contributed by atoms with E-state index in [0.717, 1.165) is 12.8 Å². The lowest BCUT2D eigenvalue weighted by atomic mass is 9.79. The lowest BCUT2D eigenvalue weighted by Gasteiger charge is -2.24. The quantitative estimate of drug-likeness (QED) is 0.393. The number of rotatable bonds is 3. The van der Waals surface area contributed by atoms with Gasteiger partial charge in [0.2, 0.25) is 0 Å². The first-order valence-electron chi connectivity index (χ1n) is 4.92. The Morgan fingerprint density at radius 3 is 2.57 bits per heavy atom. The van der Waals surface area contributed by atoms with Gasteiger partial charge in [0.05, 0.1) is 6.61 Å². The van der Waals surface area contributed by atoms with Crippen LogP contribution in [0.3, 0.4) is 0 Å². The Morgan fingerprint density at radius 2 is 2.21 bits per heavy atom. The third-order valence-corrected chi connectivity index (χ3v) is 2.86. The Labute approximate surface area is 84.1 Å². The molecule has 1 fully saturated rings. The monoisotopic (exact) mass is 196 g/mol. The third-order valence-electron chi connectivity index (χ3n) is 2.86. The number of ketones is 1. The molecule has 3 nitrogen and oxygen atoms in total. The summed E-state index contributed by atoms with van der Waals surface area (Å²) in [5, 5.41) is 0. The van der Waals surface area contributed by atoms with E-state index < -0.39 is 11.4 Å². The number of ether oxygens (including phenoxy) is 1. The molecule has 1 atom stereocenters. The Bertz CT molecular complexity index is 280. The summed E-state index contributed by atoms with van der Waals surface area (Å²) in [6.07, 6.45) is 2.15. The smallest absolute Gasteiger partial charge is 0.323 e. The van der Waals surface area contributed by atoms with Gasteiger partial charge in [-0.25, -0.2) is 0 Å². The maximum absolute atomic E-state index is 11.7. The predicted molar refractivity (Wildman–Crippen MR) is 52.7 cm³/mol. The zero-order chi connectivity index (χ0) is 10.8. The standard InChI is InChI=1S/C11H16O3/c1-4-14-10(13)11(9(3)12)7-5-6-8(11)2/h2,4-7H2,1,3H3. The Hall–Kier alpha value is -1.12. The number of hydrogen-bond acceptors (Lipinski definition) is 3. The average Bonchev–Trinajstić information content (AvgIpc) is 2.48. The molecule has 0 aliphatic heterocycles. The first kappa shape index (κ1) is 11.0. The van der Waals surface area contributed by atoms with E-state index in [0.29, 0.717) is 18.6 Å². The largest absolute Gasteiger partial charge is 0.465 e. The Balaban J connectivity index is 2.99. The SMILES string of the molecule is C=C1CCCC1(C(C)=O)C(=O)OCC. The van der Waals surface area contributed by atoms with Crippen LogP contribution in [-0.4, -0.2) is 18.4 Å². The third kappa shape index (κ3) is 1.47. The van der Waals surface area contributed by atoms with E-state index in [2.05, 4.69) is 6.58 Å². The van der Waals surface area contributed by atoms with Gasteiger partial charge in [0.1, 0.15) is 5.41 Å². The molecule has 1 unspecified atom stereocenters. The number of hydrogen-bond donors (Lipinski definition) is 0. The molecule has 0 aromatic rings. The minimum Gasteiger partial charge on any atom is -0.465 e. The summed E-state index contributed by atoms with van der Waals surface area (Å²) in [4.78, 5) is 23.2. The van der Waals surface area contributed by atoms with Crippen molar-refractivity contribution in [3.63, 3.8) is 0 Å². The fourth-order valence-electron chi connectivity index (χ4n) is 2.03. The van der Waals surface area contributed by atoms with Gasteiger partial charge in [-0.2, -0.15) is 0 Å². The van der Waals surface area contributed by atoms with Gasteiger partial charge in [-0.3, -0.25) is 9.59 Å². The van der Waals surface area contributed by atoms with Crippen molar-refractivity contribution in [2.45, 2.75) is 33.1 Å². The summed E-state index contributed by atoms with van der Waals surface area (Å²) in [7, 11) is 0. The van der Waals surface area contributed by atoms with Gasteiger partial charge in [0.25, 0.3) is 0 Å². The second-order valence-electron chi connectivity index (χ2n) is 3.64. The van der Waals surface area contributed by atoms with E-state index in [-0.39, 0.29) is 5.78 Å².